The summed E-state index contributed by atoms with van der Waals surface area (Å²) in [5, 5.41) is 0. The molecule has 1 nitrogen and oxygen atoms in total. The fourth-order valence-corrected chi connectivity index (χ4v) is 2.41. The Morgan fingerprint density at radius 2 is 2.00 bits per heavy atom. The molecule has 70 valence electrons. The lowest BCUT2D eigenvalue weighted by molar-refractivity contribution is -0.00726. The van der Waals surface area contributed by atoms with E-state index in [-0.39, 0.29) is 4.32 Å². The first-order valence-electron chi connectivity index (χ1n) is 4.46. The Morgan fingerprint density at radius 3 is 2.54 bits per heavy atom. The van der Waals surface area contributed by atoms with Gasteiger partial charge in [-0.3, -0.25) is 0 Å². The van der Waals surface area contributed by atoms with E-state index in [0.717, 1.165) is 13.2 Å². The zero-order chi connectivity index (χ0) is 9.47. The standard InChI is InChI=1S/C11H13BrO/c1-8-3-4-9(2)10(5-8)11(12)6-13-7-11/h3-5H,6-7H2,1-2H3. The van der Waals surface area contributed by atoms with E-state index in [0.29, 0.717) is 0 Å². The second kappa shape index (κ2) is 3.10. The fourth-order valence-electron chi connectivity index (χ4n) is 1.66. The van der Waals surface area contributed by atoms with Crippen molar-refractivity contribution in [3.05, 3.63) is 34.9 Å². The molecule has 0 aromatic heterocycles. The Balaban J connectivity index is 2.43. The number of aryl methyl sites for hydroxylation is 2. The molecule has 0 N–H and O–H groups in total. The summed E-state index contributed by atoms with van der Waals surface area (Å²) in [6, 6.07) is 6.56. The molecule has 2 rings (SSSR count). The van der Waals surface area contributed by atoms with E-state index in [2.05, 4.69) is 48.0 Å². The molecular weight excluding hydrogens is 228 g/mol. The van der Waals surface area contributed by atoms with Gasteiger partial charge in [0.05, 0.1) is 17.5 Å². The molecule has 13 heavy (non-hydrogen) atoms. The van der Waals surface area contributed by atoms with Crippen LogP contribution in [-0.2, 0) is 9.06 Å². The third-order valence-corrected chi connectivity index (χ3v) is 3.42. The highest BCUT2D eigenvalue weighted by Crippen LogP contribution is 2.40. The molecular formula is C11H13BrO. The van der Waals surface area contributed by atoms with Gasteiger partial charge in [-0.2, -0.15) is 0 Å². The van der Waals surface area contributed by atoms with Gasteiger partial charge in [-0.05, 0) is 25.0 Å². The van der Waals surface area contributed by atoms with Crippen LogP contribution in [0.5, 0.6) is 0 Å². The van der Waals surface area contributed by atoms with Crippen molar-refractivity contribution in [3.63, 3.8) is 0 Å². The molecule has 1 saturated heterocycles. The predicted octanol–water partition coefficient (Wildman–Crippen LogP) is 2.92. The monoisotopic (exact) mass is 240 g/mol. The van der Waals surface area contributed by atoms with E-state index >= 15 is 0 Å². The van der Waals surface area contributed by atoms with Gasteiger partial charge in [0.1, 0.15) is 0 Å². The maximum Gasteiger partial charge on any atom is 0.0974 e. The lowest BCUT2D eigenvalue weighted by Gasteiger charge is -2.37. The highest BCUT2D eigenvalue weighted by Gasteiger charge is 2.38. The van der Waals surface area contributed by atoms with Gasteiger partial charge in [0.15, 0.2) is 0 Å². The molecule has 1 aliphatic rings. The van der Waals surface area contributed by atoms with Crippen LogP contribution in [0.1, 0.15) is 16.7 Å². The maximum atomic E-state index is 5.24. The molecule has 0 radical (unpaired) electrons. The number of ether oxygens (including phenoxy) is 1. The molecule has 0 unspecified atom stereocenters. The second-order valence-electron chi connectivity index (χ2n) is 3.78. The summed E-state index contributed by atoms with van der Waals surface area (Å²) in [5.74, 6) is 0. The molecule has 2 heteroatoms. The van der Waals surface area contributed by atoms with E-state index in [4.69, 9.17) is 4.74 Å². The first kappa shape index (κ1) is 9.22. The Kier molecular flexibility index (Phi) is 2.20. The first-order valence-corrected chi connectivity index (χ1v) is 5.25. The molecule has 0 atom stereocenters. The van der Waals surface area contributed by atoms with Gasteiger partial charge in [0.25, 0.3) is 0 Å². The largest absolute Gasteiger partial charge is 0.378 e. The molecule has 0 spiro atoms. The van der Waals surface area contributed by atoms with Crippen molar-refractivity contribution in [1.82, 2.24) is 0 Å². The summed E-state index contributed by atoms with van der Waals surface area (Å²) < 4.78 is 5.33. The predicted molar refractivity (Wildman–Crippen MR) is 57.3 cm³/mol. The summed E-state index contributed by atoms with van der Waals surface area (Å²) in [6.45, 7) is 5.85. The summed E-state index contributed by atoms with van der Waals surface area (Å²) in [5.41, 5.74) is 4.02. The molecule has 0 amide bonds. The average molecular weight is 241 g/mol. The zero-order valence-electron chi connectivity index (χ0n) is 7.93. The number of rotatable bonds is 1. The second-order valence-corrected chi connectivity index (χ2v) is 5.29. The number of hydrogen-bond acceptors (Lipinski definition) is 1. The third kappa shape index (κ3) is 1.53. The minimum atomic E-state index is 0.0864. The van der Waals surface area contributed by atoms with Crippen LogP contribution in [0.25, 0.3) is 0 Å². The Labute approximate surface area is 87.2 Å². The van der Waals surface area contributed by atoms with Gasteiger partial charge in [0, 0.05) is 0 Å². The van der Waals surface area contributed by atoms with E-state index < -0.39 is 0 Å². The minimum Gasteiger partial charge on any atom is -0.378 e. The molecule has 0 bridgehead atoms. The van der Waals surface area contributed by atoms with Crippen LogP contribution in [0.15, 0.2) is 18.2 Å². The molecule has 1 fully saturated rings. The topological polar surface area (TPSA) is 9.23 Å². The van der Waals surface area contributed by atoms with Gasteiger partial charge in [0.2, 0.25) is 0 Å². The summed E-state index contributed by atoms with van der Waals surface area (Å²) in [4.78, 5) is 0. The molecule has 1 aromatic carbocycles. The lowest BCUT2D eigenvalue weighted by atomic mass is 9.92. The van der Waals surface area contributed by atoms with Gasteiger partial charge < -0.3 is 4.74 Å². The van der Waals surface area contributed by atoms with Crippen LogP contribution in [0, 0.1) is 13.8 Å². The van der Waals surface area contributed by atoms with Crippen molar-refractivity contribution in [3.8, 4) is 0 Å². The normalized spacial score (nSPS) is 19.6. The van der Waals surface area contributed by atoms with E-state index in [1.54, 1.807) is 0 Å². The van der Waals surface area contributed by atoms with Crippen molar-refractivity contribution in [1.29, 1.82) is 0 Å². The van der Waals surface area contributed by atoms with Crippen LogP contribution < -0.4 is 0 Å². The number of benzene rings is 1. The van der Waals surface area contributed by atoms with Crippen LogP contribution in [0.4, 0.5) is 0 Å². The maximum absolute atomic E-state index is 5.24. The van der Waals surface area contributed by atoms with Crippen LogP contribution >= 0.6 is 15.9 Å². The average Bonchev–Trinajstić information content (AvgIpc) is 2.05. The van der Waals surface area contributed by atoms with Crippen molar-refractivity contribution in [2.45, 2.75) is 18.2 Å². The van der Waals surface area contributed by atoms with Crippen LogP contribution in [0.2, 0.25) is 0 Å². The van der Waals surface area contributed by atoms with Crippen LogP contribution in [0.3, 0.4) is 0 Å². The smallest absolute Gasteiger partial charge is 0.0974 e. The highest BCUT2D eigenvalue weighted by molar-refractivity contribution is 9.09. The van der Waals surface area contributed by atoms with Crippen molar-refractivity contribution < 1.29 is 4.74 Å². The molecule has 1 heterocycles. The Morgan fingerprint density at radius 1 is 1.31 bits per heavy atom. The van der Waals surface area contributed by atoms with Crippen LogP contribution in [-0.4, -0.2) is 13.2 Å². The van der Waals surface area contributed by atoms with Gasteiger partial charge in [-0.1, -0.05) is 39.7 Å². The third-order valence-electron chi connectivity index (χ3n) is 2.54. The summed E-state index contributed by atoms with van der Waals surface area (Å²) >= 11 is 3.74. The molecule has 0 aliphatic carbocycles. The Hall–Kier alpha value is -0.340. The SMILES string of the molecule is Cc1ccc(C)c(C2(Br)COC2)c1. The van der Waals surface area contributed by atoms with Crippen molar-refractivity contribution in [2.75, 3.05) is 13.2 Å². The highest BCUT2D eigenvalue weighted by atomic mass is 79.9. The fraction of sp³-hybridized carbons (Fsp3) is 0.455. The van der Waals surface area contributed by atoms with Gasteiger partial charge in [-0.25, -0.2) is 0 Å². The number of halogens is 1. The van der Waals surface area contributed by atoms with E-state index in [1.165, 1.54) is 16.7 Å². The number of alkyl halides is 1. The van der Waals surface area contributed by atoms with Gasteiger partial charge in [-0.15, -0.1) is 0 Å². The van der Waals surface area contributed by atoms with Crippen molar-refractivity contribution in [2.24, 2.45) is 0 Å². The van der Waals surface area contributed by atoms with E-state index in [1.807, 2.05) is 0 Å². The first-order chi connectivity index (χ1) is 6.12. The minimum absolute atomic E-state index is 0.0864. The van der Waals surface area contributed by atoms with Gasteiger partial charge >= 0.3 is 0 Å². The quantitative estimate of drug-likeness (QED) is 0.687. The zero-order valence-corrected chi connectivity index (χ0v) is 9.52. The lowest BCUT2D eigenvalue weighted by Crippen LogP contribution is -2.41. The Bertz CT molecular complexity index is 329. The van der Waals surface area contributed by atoms with E-state index in [9.17, 15) is 0 Å². The number of hydrogen-bond donors (Lipinski definition) is 0. The molecule has 1 aliphatic heterocycles. The summed E-state index contributed by atoms with van der Waals surface area (Å²) in [6.07, 6.45) is 0. The summed E-state index contributed by atoms with van der Waals surface area (Å²) in [7, 11) is 0. The molecule has 0 saturated carbocycles. The van der Waals surface area contributed by atoms with Crippen molar-refractivity contribution >= 4 is 15.9 Å². The molecule has 1 aromatic rings.